The van der Waals surface area contributed by atoms with Gasteiger partial charge in [0.15, 0.2) is 11.5 Å². The Morgan fingerprint density at radius 3 is 2.58 bits per heavy atom. The molecule has 0 saturated heterocycles. The molecule has 0 aliphatic carbocycles. The van der Waals surface area contributed by atoms with Gasteiger partial charge in [-0.05, 0) is 53.6 Å². The predicted octanol–water partition coefficient (Wildman–Crippen LogP) is 3.35. The van der Waals surface area contributed by atoms with Gasteiger partial charge in [-0.2, -0.15) is 5.10 Å². The molecular weight excluding hydrogens is 422 g/mol. The van der Waals surface area contributed by atoms with Crippen molar-refractivity contribution < 1.29 is 23.8 Å². The van der Waals surface area contributed by atoms with Crippen LogP contribution in [0.2, 0.25) is 0 Å². The van der Waals surface area contributed by atoms with Crippen LogP contribution in [0.4, 0.5) is 0 Å². The summed E-state index contributed by atoms with van der Waals surface area (Å²) in [6, 6.07) is 21.0. The molecule has 8 heteroatoms. The fraction of sp³-hybridized carbons (Fsp3) is 0.0800. The molecule has 4 rings (SSSR count). The van der Waals surface area contributed by atoms with Crippen LogP contribution in [-0.4, -0.2) is 31.9 Å². The topological polar surface area (TPSA) is 98.2 Å². The Morgan fingerprint density at radius 2 is 1.76 bits per heavy atom. The summed E-state index contributed by atoms with van der Waals surface area (Å²) in [5.41, 5.74) is 4.27. The van der Waals surface area contributed by atoms with Crippen molar-refractivity contribution in [3.8, 4) is 17.2 Å². The van der Waals surface area contributed by atoms with Gasteiger partial charge in [-0.3, -0.25) is 9.59 Å². The average Bonchev–Trinajstić information content (AvgIpc) is 3.32. The second-order valence-corrected chi connectivity index (χ2v) is 6.97. The molecule has 1 aliphatic heterocycles. The van der Waals surface area contributed by atoms with E-state index in [9.17, 15) is 9.59 Å². The van der Waals surface area contributed by atoms with E-state index in [2.05, 4.69) is 15.8 Å². The van der Waals surface area contributed by atoms with Crippen LogP contribution in [-0.2, 0) is 4.79 Å². The number of hydrazone groups is 1. The molecule has 0 saturated carbocycles. The fourth-order valence-corrected chi connectivity index (χ4v) is 3.06. The van der Waals surface area contributed by atoms with Gasteiger partial charge in [-0.15, -0.1) is 0 Å². The van der Waals surface area contributed by atoms with Gasteiger partial charge < -0.3 is 19.5 Å². The Hall–Kier alpha value is -4.59. The van der Waals surface area contributed by atoms with Crippen LogP contribution in [0.15, 0.2) is 83.6 Å². The summed E-state index contributed by atoms with van der Waals surface area (Å²) in [6.07, 6.45) is 3.02. The second-order valence-electron chi connectivity index (χ2n) is 6.97. The lowest BCUT2D eigenvalue weighted by Crippen LogP contribution is -2.32. The first kappa shape index (κ1) is 21.6. The Labute approximate surface area is 190 Å². The highest BCUT2D eigenvalue weighted by Gasteiger charge is 2.16. The highest BCUT2D eigenvalue weighted by molar-refractivity contribution is 6.05. The van der Waals surface area contributed by atoms with Crippen LogP contribution in [0, 0.1) is 0 Å². The normalized spacial score (nSPS) is 12.5. The monoisotopic (exact) mass is 443 g/mol. The average molecular weight is 443 g/mol. The number of fused-ring (bicyclic) bond motifs is 1. The van der Waals surface area contributed by atoms with Crippen molar-refractivity contribution in [2.75, 3.05) is 13.9 Å². The van der Waals surface area contributed by atoms with Gasteiger partial charge in [-0.1, -0.05) is 36.4 Å². The molecule has 3 aromatic carbocycles. The molecule has 1 aliphatic rings. The third-order valence-corrected chi connectivity index (χ3v) is 4.71. The number of nitrogens with one attached hydrogen (secondary N) is 2. The molecule has 1 heterocycles. The van der Waals surface area contributed by atoms with Crippen LogP contribution < -0.4 is 25.0 Å². The molecule has 0 aromatic heterocycles. The largest absolute Gasteiger partial charge is 0.497 e. The number of rotatable bonds is 7. The minimum absolute atomic E-state index is 0.0190. The van der Waals surface area contributed by atoms with Gasteiger partial charge in [0.1, 0.15) is 11.4 Å². The van der Waals surface area contributed by atoms with E-state index in [4.69, 9.17) is 14.2 Å². The van der Waals surface area contributed by atoms with Gasteiger partial charge in [0.25, 0.3) is 11.8 Å². The van der Waals surface area contributed by atoms with E-state index in [0.29, 0.717) is 28.4 Å². The maximum Gasteiger partial charge on any atom is 0.287 e. The fourth-order valence-electron chi connectivity index (χ4n) is 3.06. The smallest absolute Gasteiger partial charge is 0.287 e. The zero-order chi connectivity index (χ0) is 23.0. The molecule has 0 fully saturated rings. The number of carbonyl (C=O) groups excluding carboxylic acids is 2. The van der Waals surface area contributed by atoms with E-state index in [1.54, 1.807) is 73.8 Å². The van der Waals surface area contributed by atoms with Crippen molar-refractivity contribution in [1.82, 2.24) is 10.7 Å². The van der Waals surface area contributed by atoms with Crippen molar-refractivity contribution in [3.63, 3.8) is 0 Å². The Bertz CT molecular complexity index is 1220. The first-order chi connectivity index (χ1) is 16.1. The third kappa shape index (κ3) is 5.56. The summed E-state index contributed by atoms with van der Waals surface area (Å²) >= 11 is 0. The predicted molar refractivity (Wildman–Crippen MR) is 123 cm³/mol. The molecule has 0 spiro atoms. The van der Waals surface area contributed by atoms with Crippen molar-refractivity contribution >= 4 is 24.1 Å². The van der Waals surface area contributed by atoms with E-state index in [1.165, 1.54) is 6.21 Å². The SMILES string of the molecule is COc1cccc(/C=N/NC(=O)/C(=C\c2ccc3c(c2)OCO3)NC(=O)c2ccccc2)c1. The molecule has 2 amide bonds. The Balaban J connectivity index is 1.55. The number of amides is 2. The van der Waals surface area contributed by atoms with Gasteiger partial charge in [-0.25, -0.2) is 5.43 Å². The molecule has 0 atom stereocenters. The zero-order valence-electron chi connectivity index (χ0n) is 17.8. The lowest BCUT2D eigenvalue weighted by molar-refractivity contribution is -0.117. The van der Waals surface area contributed by atoms with Crippen LogP contribution in [0.3, 0.4) is 0 Å². The number of nitrogens with zero attached hydrogens (tertiary/aromatic N) is 1. The first-order valence-electron chi connectivity index (χ1n) is 10.1. The summed E-state index contributed by atoms with van der Waals surface area (Å²) in [4.78, 5) is 25.5. The van der Waals surface area contributed by atoms with Crippen LogP contribution in [0.5, 0.6) is 17.2 Å². The molecule has 3 aromatic rings. The zero-order valence-corrected chi connectivity index (χ0v) is 17.8. The molecule has 2 N–H and O–H groups in total. The van der Waals surface area contributed by atoms with Gasteiger partial charge in [0.05, 0.1) is 13.3 Å². The standard InChI is InChI=1S/C25H21N3O5/c1-31-20-9-5-6-18(12-20)15-26-28-25(30)21(27-24(29)19-7-3-2-4-8-19)13-17-10-11-22-23(14-17)33-16-32-22/h2-15H,16H2,1H3,(H,27,29)(H,28,30)/b21-13+,26-15+. The lowest BCUT2D eigenvalue weighted by atomic mass is 10.1. The van der Waals surface area contributed by atoms with Crippen molar-refractivity contribution in [2.24, 2.45) is 5.10 Å². The highest BCUT2D eigenvalue weighted by atomic mass is 16.7. The quantitative estimate of drug-likeness (QED) is 0.332. The molecule has 166 valence electrons. The van der Waals surface area contributed by atoms with Crippen molar-refractivity contribution in [3.05, 3.63) is 95.2 Å². The molecular formula is C25H21N3O5. The van der Waals surface area contributed by atoms with Gasteiger partial charge >= 0.3 is 0 Å². The van der Waals surface area contributed by atoms with Gasteiger partial charge in [0.2, 0.25) is 6.79 Å². The summed E-state index contributed by atoms with van der Waals surface area (Å²) < 4.78 is 15.9. The maximum atomic E-state index is 12.9. The minimum Gasteiger partial charge on any atom is -0.497 e. The number of ether oxygens (including phenoxy) is 3. The minimum atomic E-state index is -0.587. The number of hydrogen-bond acceptors (Lipinski definition) is 6. The summed E-state index contributed by atoms with van der Waals surface area (Å²) in [6.45, 7) is 0.138. The van der Waals surface area contributed by atoms with Crippen LogP contribution in [0.25, 0.3) is 6.08 Å². The van der Waals surface area contributed by atoms with Crippen molar-refractivity contribution in [1.29, 1.82) is 0 Å². The van der Waals surface area contributed by atoms with Crippen LogP contribution >= 0.6 is 0 Å². The molecule has 8 nitrogen and oxygen atoms in total. The van der Waals surface area contributed by atoms with E-state index in [0.717, 1.165) is 5.56 Å². The van der Waals surface area contributed by atoms with Crippen molar-refractivity contribution in [2.45, 2.75) is 0 Å². The molecule has 0 radical (unpaired) electrons. The number of carbonyl (C=O) groups is 2. The second kappa shape index (κ2) is 10.1. The summed E-state index contributed by atoms with van der Waals surface area (Å²) in [5, 5.41) is 6.66. The first-order valence-corrected chi connectivity index (χ1v) is 10.1. The highest BCUT2D eigenvalue weighted by Crippen LogP contribution is 2.33. The van der Waals surface area contributed by atoms with Crippen LogP contribution in [0.1, 0.15) is 21.5 Å². The molecule has 0 bridgehead atoms. The summed E-state index contributed by atoms with van der Waals surface area (Å²) in [5.74, 6) is 0.845. The van der Waals surface area contributed by atoms with E-state index in [-0.39, 0.29) is 12.5 Å². The Morgan fingerprint density at radius 1 is 0.939 bits per heavy atom. The maximum absolute atomic E-state index is 12.9. The molecule has 0 unspecified atom stereocenters. The summed E-state index contributed by atoms with van der Waals surface area (Å²) in [7, 11) is 1.57. The number of hydrogen-bond donors (Lipinski definition) is 2. The molecule has 33 heavy (non-hydrogen) atoms. The number of benzene rings is 3. The van der Waals surface area contributed by atoms with E-state index >= 15 is 0 Å². The van der Waals surface area contributed by atoms with E-state index < -0.39 is 11.8 Å². The lowest BCUT2D eigenvalue weighted by Gasteiger charge is -2.09. The Kier molecular flexibility index (Phi) is 6.65. The third-order valence-electron chi connectivity index (χ3n) is 4.71. The number of methoxy groups -OCH3 is 1. The van der Waals surface area contributed by atoms with Gasteiger partial charge in [0, 0.05) is 5.56 Å². The van der Waals surface area contributed by atoms with E-state index in [1.807, 2.05) is 12.1 Å².